The van der Waals surface area contributed by atoms with E-state index < -0.39 is 31.3 Å². The average Bonchev–Trinajstić information content (AvgIpc) is 3.15. The molecule has 6 nitrogen and oxygen atoms in total. The van der Waals surface area contributed by atoms with Gasteiger partial charge in [-0.25, -0.2) is 9.18 Å². The van der Waals surface area contributed by atoms with Crippen LogP contribution in [0, 0.1) is 11.8 Å². The van der Waals surface area contributed by atoms with E-state index >= 15 is 0 Å². The molecule has 6 atom stereocenters. The molecule has 3 fully saturated rings. The summed E-state index contributed by atoms with van der Waals surface area (Å²) in [6.07, 6.45) is 2.09. The Morgan fingerprint density at radius 2 is 2.17 bits per heavy atom. The van der Waals surface area contributed by atoms with Crippen LogP contribution in [0.4, 0.5) is 4.39 Å². The molecule has 10 heteroatoms. The lowest BCUT2D eigenvalue weighted by molar-refractivity contribution is -0.159. The van der Waals surface area contributed by atoms with E-state index in [1.54, 1.807) is 23.5 Å². The summed E-state index contributed by atoms with van der Waals surface area (Å²) in [5.41, 5.74) is 0. The fraction of sp³-hybridized carbons (Fsp3) is 0.923. The predicted molar refractivity (Wildman–Crippen MR) is 85.4 cm³/mol. The summed E-state index contributed by atoms with van der Waals surface area (Å²) in [6.45, 7) is 0.513. The molecular weight excluding hydrogens is 367 g/mol. The minimum Gasteiger partial charge on any atom is -0.456 e. The molecule has 0 amide bonds. The molecule has 1 heterocycles. The number of thioether (sulfide) groups is 2. The van der Waals surface area contributed by atoms with Crippen LogP contribution in [-0.4, -0.2) is 56.8 Å². The van der Waals surface area contributed by atoms with E-state index in [0.29, 0.717) is 18.6 Å². The number of alkyl halides is 1. The number of hydrogen-bond donors (Lipinski definition) is 2. The predicted octanol–water partition coefficient (Wildman–Crippen LogP) is 1.44. The van der Waals surface area contributed by atoms with Crippen LogP contribution in [0.1, 0.15) is 26.2 Å². The largest absolute Gasteiger partial charge is 0.456 e. The minimum atomic E-state index is -5.20. The first-order valence-electron chi connectivity index (χ1n) is 7.41. The molecule has 2 N–H and O–H groups in total. The van der Waals surface area contributed by atoms with Crippen molar-refractivity contribution < 1.29 is 32.0 Å². The Labute approximate surface area is 142 Å². The fourth-order valence-corrected chi connectivity index (χ4v) is 8.13. The number of esters is 1. The first-order chi connectivity index (χ1) is 10.6. The highest BCUT2D eigenvalue weighted by Gasteiger charge is 2.65. The number of carbonyl (C=O) groups excluding carboxylic acids is 1. The third-order valence-corrected chi connectivity index (χ3v) is 10.2. The molecule has 2 saturated carbocycles. The highest BCUT2D eigenvalue weighted by molar-refractivity contribution is 8.21. The van der Waals surface area contributed by atoms with Crippen molar-refractivity contribution in [1.29, 1.82) is 0 Å². The van der Waals surface area contributed by atoms with Crippen molar-refractivity contribution in [2.75, 3.05) is 12.4 Å². The van der Waals surface area contributed by atoms with Crippen LogP contribution < -0.4 is 0 Å². The first-order valence-corrected chi connectivity index (χ1v) is 10.7. The van der Waals surface area contributed by atoms with Crippen LogP contribution in [-0.2, 0) is 19.6 Å². The summed E-state index contributed by atoms with van der Waals surface area (Å²) < 4.78 is 50.0. The van der Waals surface area contributed by atoms with Crippen molar-refractivity contribution in [3.05, 3.63) is 0 Å². The SMILES string of the molecule is CC(F)(C(=O)OC1C2CCC(C2)C12SCC(CO)S2)S(=O)(=O)O. The molecule has 132 valence electrons. The second kappa shape index (κ2) is 5.76. The lowest BCUT2D eigenvalue weighted by Gasteiger charge is -2.39. The van der Waals surface area contributed by atoms with Crippen LogP contribution in [0.25, 0.3) is 0 Å². The monoisotopic (exact) mass is 386 g/mol. The number of aliphatic hydroxyl groups excluding tert-OH is 1. The van der Waals surface area contributed by atoms with Crippen molar-refractivity contribution in [1.82, 2.24) is 0 Å². The molecule has 0 aromatic carbocycles. The van der Waals surface area contributed by atoms with Gasteiger partial charge in [0.15, 0.2) is 0 Å². The molecule has 2 bridgehead atoms. The maximum atomic E-state index is 14.1. The smallest absolute Gasteiger partial charge is 0.362 e. The van der Waals surface area contributed by atoms with E-state index in [4.69, 9.17) is 9.29 Å². The van der Waals surface area contributed by atoms with Gasteiger partial charge in [0.05, 0.1) is 6.61 Å². The normalized spacial score (nSPS) is 42.1. The zero-order chi connectivity index (χ0) is 17.0. The van der Waals surface area contributed by atoms with E-state index in [1.165, 1.54) is 0 Å². The van der Waals surface area contributed by atoms with Crippen LogP contribution in [0.2, 0.25) is 0 Å². The fourth-order valence-electron chi connectivity index (χ4n) is 3.73. The second-order valence-electron chi connectivity index (χ2n) is 6.44. The highest BCUT2D eigenvalue weighted by Crippen LogP contribution is 2.67. The Morgan fingerprint density at radius 1 is 1.48 bits per heavy atom. The van der Waals surface area contributed by atoms with E-state index in [-0.39, 0.29) is 17.8 Å². The number of aliphatic hydroxyl groups is 1. The second-order valence-corrected chi connectivity index (χ2v) is 11.3. The lowest BCUT2D eigenvalue weighted by Crippen LogP contribution is -2.48. The summed E-state index contributed by atoms with van der Waals surface area (Å²) in [7, 11) is -5.20. The Bertz CT molecular complexity index is 609. The van der Waals surface area contributed by atoms with Gasteiger partial charge in [-0.3, -0.25) is 4.55 Å². The van der Waals surface area contributed by atoms with Crippen molar-refractivity contribution in [2.45, 2.75) is 46.6 Å². The van der Waals surface area contributed by atoms with Crippen molar-refractivity contribution >= 4 is 39.6 Å². The van der Waals surface area contributed by atoms with Gasteiger partial charge >= 0.3 is 21.1 Å². The average molecular weight is 386 g/mol. The zero-order valence-corrected chi connectivity index (χ0v) is 14.9. The maximum absolute atomic E-state index is 14.1. The van der Waals surface area contributed by atoms with Gasteiger partial charge in [-0.2, -0.15) is 8.42 Å². The summed E-state index contributed by atoms with van der Waals surface area (Å²) in [5.74, 6) is -0.485. The van der Waals surface area contributed by atoms with Gasteiger partial charge in [-0.05, 0) is 38.0 Å². The van der Waals surface area contributed by atoms with Crippen LogP contribution in [0.3, 0.4) is 0 Å². The Hall–Kier alpha value is -0.0300. The molecule has 0 radical (unpaired) electrons. The lowest BCUT2D eigenvalue weighted by atomic mass is 9.96. The van der Waals surface area contributed by atoms with Gasteiger partial charge in [0.25, 0.3) is 0 Å². The number of rotatable bonds is 4. The number of hydrogen-bond acceptors (Lipinski definition) is 7. The van der Waals surface area contributed by atoms with Crippen LogP contribution in [0.15, 0.2) is 0 Å². The Kier molecular flexibility index (Phi) is 4.45. The first kappa shape index (κ1) is 17.8. The van der Waals surface area contributed by atoms with Gasteiger partial charge in [0.1, 0.15) is 10.2 Å². The molecule has 1 aliphatic heterocycles. The van der Waals surface area contributed by atoms with Crippen molar-refractivity contribution in [2.24, 2.45) is 11.8 Å². The van der Waals surface area contributed by atoms with Gasteiger partial charge < -0.3 is 9.84 Å². The quantitative estimate of drug-likeness (QED) is 0.553. The molecule has 2 aliphatic carbocycles. The molecule has 6 unspecified atom stereocenters. The minimum absolute atomic E-state index is 0.0172. The molecular formula is C13H19FO6S3. The van der Waals surface area contributed by atoms with E-state index in [9.17, 15) is 22.7 Å². The molecule has 3 aliphatic rings. The standard InChI is InChI=1S/C13H19FO6S3/c1-12(14,23(17,18)19)11(16)20-10-7-2-3-8(4-7)13(10)21-6-9(5-15)22-13/h7-10,15H,2-6H2,1H3,(H,17,18,19). The molecule has 0 aromatic heterocycles. The summed E-state index contributed by atoms with van der Waals surface area (Å²) in [4.78, 5) is 12.0. The molecule has 0 aromatic rings. The number of carbonyl (C=O) groups is 1. The van der Waals surface area contributed by atoms with Crippen molar-refractivity contribution in [3.8, 4) is 0 Å². The zero-order valence-electron chi connectivity index (χ0n) is 12.5. The summed E-state index contributed by atoms with van der Waals surface area (Å²) >= 11 is 3.16. The van der Waals surface area contributed by atoms with Gasteiger partial charge in [-0.1, -0.05) is 0 Å². The Morgan fingerprint density at radius 3 is 2.74 bits per heavy atom. The summed E-state index contributed by atoms with van der Waals surface area (Å²) in [6, 6.07) is 0. The number of fused-ring (bicyclic) bond motifs is 3. The maximum Gasteiger partial charge on any atom is 0.362 e. The third kappa shape index (κ3) is 2.70. The molecule has 23 heavy (non-hydrogen) atoms. The topological polar surface area (TPSA) is 101 Å². The molecule has 1 saturated heterocycles. The van der Waals surface area contributed by atoms with Gasteiger partial charge in [0.2, 0.25) is 0 Å². The third-order valence-electron chi connectivity index (χ3n) is 5.00. The van der Waals surface area contributed by atoms with E-state index in [1.807, 2.05) is 0 Å². The number of ether oxygens (including phenoxy) is 1. The summed E-state index contributed by atoms with van der Waals surface area (Å²) in [5, 5.41) is 5.92. The molecule has 1 spiro atoms. The van der Waals surface area contributed by atoms with E-state index in [0.717, 1.165) is 19.3 Å². The van der Waals surface area contributed by atoms with E-state index in [2.05, 4.69) is 0 Å². The van der Waals surface area contributed by atoms with Gasteiger partial charge in [-0.15, -0.1) is 23.5 Å². The number of halogens is 1. The van der Waals surface area contributed by atoms with Crippen molar-refractivity contribution in [3.63, 3.8) is 0 Å². The molecule has 3 rings (SSSR count). The van der Waals surface area contributed by atoms with Gasteiger partial charge in [0, 0.05) is 11.0 Å². The Balaban J connectivity index is 1.83. The van der Waals surface area contributed by atoms with Crippen LogP contribution in [0.5, 0.6) is 0 Å². The van der Waals surface area contributed by atoms with Crippen LogP contribution >= 0.6 is 23.5 Å². The highest BCUT2D eigenvalue weighted by atomic mass is 32.2.